The van der Waals surface area contributed by atoms with Crippen LogP contribution >= 0.6 is 11.3 Å². The number of H-pyrrole nitrogens is 2. The van der Waals surface area contributed by atoms with E-state index in [1.54, 1.807) is 11.3 Å². The van der Waals surface area contributed by atoms with E-state index in [4.69, 9.17) is 0 Å². The van der Waals surface area contributed by atoms with Crippen LogP contribution in [0.2, 0.25) is 0 Å². The van der Waals surface area contributed by atoms with Gasteiger partial charge < -0.3 is 4.98 Å². The minimum Gasteiger partial charge on any atom is -0.358 e. The Hall–Kier alpha value is -2.37. The van der Waals surface area contributed by atoms with E-state index < -0.39 is 0 Å². The van der Waals surface area contributed by atoms with E-state index in [1.165, 1.54) is 46.3 Å². The molecule has 0 amide bonds. The highest BCUT2D eigenvalue weighted by Crippen LogP contribution is 2.31. The lowest BCUT2D eigenvalue weighted by Crippen LogP contribution is -2.34. The number of thiophene rings is 1. The zero-order valence-electron chi connectivity index (χ0n) is 14.6. The zero-order valence-corrected chi connectivity index (χ0v) is 15.4. The van der Waals surface area contributed by atoms with Crippen molar-refractivity contribution in [2.75, 3.05) is 13.1 Å². The van der Waals surface area contributed by atoms with Gasteiger partial charge in [0, 0.05) is 46.7 Å². The summed E-state index contributed by atoms with van der Waals surface area (Å²) < 4.78 is 0. The maximum Gasteiger partial charge on any atom is 0.0703 e. The summed E-state index contributed by atoms with van der Waals surface area (Å²) in [6.07, 6.45) is 4.48. The number of aromatic amines is 2. The van der Waals surface area contributed by atoms with Crippen LogP contribution in [-0.2, 0) is 6.54 Å². The minimum atomic E-state index is 0.577. The van der Waals surface area contributed by atoms with E-state index in [0.717, 1.165) is 19.6 Å². The third kappa shape index (κ3) is 2.97. The molecule has 4 aromatic rings. The SMILES string of the molecule is c1ccc2[nH]c(C3CCCN(Cc4cn[nH]c4-c4ccsc4)C3)cc2c1. The van der Waals surface area contributed by atoms with Gasteiger partial charge in [-0.25, -0.2) is 0 Å². The van der Waals surface area contributed by atoms with Gasteiger partial charge in [0.25, 0.3) is 0 Å². The van der Waals surface area contributed by atoms with Crippen LogP contribution in [0.3, 0.4) is 0 Å². The van der Waals surface area contributed by atoms with Crippen LogP contribution in [-0.4, -0.2) is 33.2 Å². The van der Waals surface area contributed by atoms with Crippen molar-refractivity contribution >= 4 is 22.2 Å². The average Bonchev–Trinajstić information content (AvgIpc) is 3.41. The topological polar surface area (TPSA) is 47.7 Å². The van der Waals surface area contributed by atoms with Crippen LogP contribution in [0.15, 0.2) is 53.4 Å². The number of nitrogens with zero attached hydrogens (tertiary/aromatic N) is 2. The van der Waals surface area contributed by atoms with Gasteiger partial charge in [-0.2, -0.15) is 16.4 Å². The fourth-order valence-electron chi connectivity index (χ4n) is 4.10. The van der Waals surface area contributed by atoms with Crippen molar-refractivity contribution < 1.29 is 0 Å². The van der Waals surface area contributed by atoms with E-state index in [9.17, 15) is 0 Å². The van der Waals surface area contributed by atoms with Gasteiger partial charge in [-0.3, -0.25) is 10.00 Å². The van der Waals surface area contributed by atoms with Crippen molar-refractivity contribution in [3.63, 3.8) is 0 Å². The second-order valence-corrected chi connectivity index (χ2v) is 7.95. The molecular weight excluding hydrogens is 340 g/mol. The van der Waals surface area contributed by atoms with Gasteiger partial charge in [-0.1, -0.05) is 18.2 Å². The predicted molar refractivity (Wildman–Crippen MR) is 107 cm³/mol. The number of hydrogen-bond donors (Lipinski definition) is 2. The Kier molecular flexibility index (Phi) is 4.11. The highest BCUT2D eigenvalue weighted by molar-refractivity contribution is 7.08. The summed E-state index contributed by atoms with van der Waals surface area (Å²) in [5, 5.41) is 13.1. The normalized spacial score (nSPS) is 18.5. The molecule has 132 valence electrons. The second kappa shape index (κ2) is 6.74. The molecule has 5 heteroatoms. The molecule has 4 heterocycles. The van der Waals surface area contributed by atoms with Gasteiger partial charge in [-0.05, 0) is 48.4 Å². The second-order valence-electron chi connectivity index (χ2n) is 7.17. The molecule has 1 fully saturated rings. The summed E-state index contributed by atoms with van der Waals surface area (Å²) in [5.41, 5.74) is 6.32. The molecule has 1 unspecified atom stereocenters. The zero-order chi connectivity index (χ0) is 17.3. The summed E-state index contributed by atoms with van der Waals surface area (Å²) in [5.74, 6) is 0.577. The largest absolute Gasteiger partial charge is 0.358 e. The monoisotopic (exact) mass is 362 g/mol. The third-order valence-electron chi connectivity index (χ3n) is 5.42. The van der Waals surface area contributed by atoms with Crippen molar-refractivity contribution in [1.82, 2.24) is 20.1 Å². The Labute approximate surface area is 156 Å². The van der Waals surface area contributed by atoms with Gasteiger partial charge >= 0.3 is 0 Å². The molecule has 1 aliphatic heterocycles. The molecule has 0 radical (unpaired) electrons. The van der Waals surface area contributed by atoms with Crippen LogP contribution < -0.4 is 0 Å². The maximum absolute atomic E-state index is 4.30. The van der Waals surface area contributed by atoms with E-state index in [2.05, 4.69) is 67.2 Å². The van der Waals surface area contributed by atoms with Crippen molar-refractivity contribution in [3.8, 4) is 11.3 Å². The van der Waals surface area contributed by atoms with Gasteiger partial charge in [-0.15, -0.1) is 0 Å². The van der Waals surface area contributed by atoms with Crippen molar-refractivity contribution in [1.29, 1.82) is 0 Å². The minimum absolute atomic E-state index is 0.577. The van der Waals surface area contributed by atoms with Crippen LogP contribution in [0.4, 0.5) is 0 Å². The Morgan fingerprint density at radius 3 is 3.08 bits per heavy atom. The Bertz CT molecular complexity index is 965. The summed E-state index contributed by atoms with van der Waals surface area (Å²) in [6.45, 7) is 3.21. The van der Waals surface area contributed by atoms with E-state index in [-0.39, 0.29) is 0 Å². The first kappa shape index (κ1) is 15.9. The number of hydrogen-bond acceptors (Lipinski definition) is 3. The van der Waals surface area contributed by atoms with Crippen molar-refractivity contribution in [2.24, 2.45) is 0 Å². The smallest absolute Gasteiger partial charge is 0.0703 e. The number of rotatable bonds is 4. The lowest BCUT2D eigenvalue weighted by atomic mass is 9.94. The average molecular weight is 363 g/mol. The Morgan fingerprint density at radius 1 is 1.23 bits per heavy atom. The van der Waals surface area contributed by atoms with Gasteiger partial charge in [0.05, 0.1) is 11.9 Å². The van der Waals surface area contributed by atoms with Gasteiger partial charge in [0.1, 0.15) is 0 Å². The van der Waals surface area contributed by atoms with Crippen molar-refractivity contribution in [3.05, 3.63) is 64.6 Å². The van der Waals surface area contributed by atoms with Crippen LogP contribution in [0, 0.1) is 0 Å². The Balaban J connectivity index is 1.34. The van der Waals surface area contributed by atoms with Crippen molar-refractivity contribution in [2.45, 2.75) is 25.3 Å². The van der Waals surface area contributed by atoms with Crippen LogP contribution in [0.1, 0.15) is 30.0 Å². The number of fused-ring (bicyclic) bond motifs is 1. The first-order chi connectivity index (χ1) is 12.9. The predicted octanol–water partition coefficient (Wildman–Crippen LogP) is 5.00. The maximum atomic E-state index is 4.30. The lowest BCUT2D eigenvalue weighted by Gasteiger charge is -2.32. The van der Waals surface area contributed by atoms with Gasteiger partial charge in [0.2, 0.25) is 0 Å². The molecule has 4 nitrogen and oxygen atoms in total. The third-order valence-corrected chi connectivity index (χ3v) is 6.10. The van der Waals surface area contributed by atoms with Crippen LogP contribution in [0.5, 0.6) is 0 Å². The number of benzene rings is 1. The first-order valence-corrected chi connectivity index (χ1v) is 10.2. The highest BCUT2D eigenvalue weighted by Gasteiger charge is 2.24. The Morgan fingerprint density at radius 2 is 2.19 bits per heavy atom. The molecule has 3 aromatic heterocycles. The fraction of sp³-hybridized carbons (Fsp3) is 0.286. The summed E-state index contributed by atoms with van der Waals surface area (Å²) in [6, 6.07) is 13.1. The quantitative estimate of drug-likeness (QED) is 0.537. The molecular formula is C21H22N4S. The van der Waals surface area contributed by atoms with E-state index in [0.29, 0.717) is 5.92 Å². The molecule has 1 saturated heterocycles. The number of nitrogens with one attached hydrogen (secondary N) is 2. The molecule has 26 heavy (non-hydrogen) atoms. The molecule has 0 bridgehead atoms. The van der Waals surface area contributed by atoms with E-state index in [1.807, 2.05) is 6.20 Å². The molecule has 0 spiro atoms. The van der Waals surface area contributed by atoms with E-state index >= 15 is 0 Å². The number of aromatic nitrogens is 3. The number of likely N-dealkylation sites (tertiary alicyclic amines) is 1. The molecule has 1 aromatic carbocycles. The standard InChI is InChI=1S/C21H22N4S/c1-2-6-19-15(4-1)10-20(23-19)16-5-3-8-25(12-16)13-18-11-22-24-21(18)17-7-9-26-14-17/h1-2,4,6-7,9-11,14,16,23H,3,5,8,12-13H2,(H,22,24). The first-order valence-electron chi connectivity index (χ1n) is 9.21. The highest BCUT2D eigenvalue weighted by atomic mass is 32.1. The molecule has 5 rings (SSSR count). The molecule has 1 atom stereocenters. The molecule has 1 aliphatic rings. The lowest BCUT2D eigenvalue weighted by molar-refractivity contribution is 0.199. The molecule has 0 saturated carbocycles. The summed E-state index contributed by atoms with van der Waals surface area (Å²) >= 11 is 1.73. The summed E-state index contributed by atoms with van der Waals surface area (Å²) in [4.78, 5) is 6.20. The number of piperidine rings is 1. The number of para-hydroxylation sites is 1. The fourth-order valence-corrected chi connectivity index (χ4v) is 4.74. The van der Waals surface area contributed by atoms with Crippen LogP contribution in [0.25, 0.3) is 22.2 Å². The molecule has 2 N–H and O–H groups in total. The van der Waals surface area contributed by atoms with Gasteiger partial charge in [0.15, 0.2) is 0 Å². The molecule has 0 aliphatic carbocycles. The summed E-state index contributed by atoms with van der Waals surface area (Å²) in [7, 11) is 0.